The smallest absolute Gasteiger partial charge is 0.261 e. The number of nitrogens with zero attached hydrogens (tertiary/aromatic N) is 3. The van der Waals surface area contributed by atoms with Gasteiger partial charge >= 0.3 is 0 Å². The predicted octanol–water partition coefficient (Wildman–Crippen LogP) is 2.12. The lowest BCUT2D eigenvalue weighted by Gasteiger charge is -2.21. The van der Waals surface area contributed by atoms with E-state index >= 15 is 0 Å². The van der Waals surface area contributed by atoms with Gasteiger partial charge in [0.1, 0.15) is 11.8 Å². The molecule has 1 fully saturated rings. The Bertz CT molecular complexity index is 612. The molecule has 0 bridgehead atoms. The summed E-state index contributed by atoms with van der Waals surface area (Å²) in [5.41, 5.74) is 0. The van der Waals surface area contributed by atoms with Crippen molar-refractivity contribution < 1.29 is 14.1 Å². The summed E-state index contributed by atoms with van der Waals surface area (Å²) >= 11 is 0. The minimum absolute atomic E-state index is 0.0215. The molecule has 0 saturated carbocycles. The van der Waals surface area contributed by atoms with Crippen LogP contribution in [0.1, 0.15) is 30.6 Å². The van der Waals surface area contributed by atoms with Crippen molar-refractivity contribution in [1.29, 1.82) is 0 Å². The third kappa shape index (κ3) is 3.04. The van der Waals surface area contributed by atoms with Crippen LogP contribution in [0.4, 0.5) is 0 Å². The van der Waals surface area contributed by atoms with Crippen molar-refractivity contribution in [3.05, 3.63) is 42.0 Å². The van der Waals surface area contributed by atoms with Gasteiger partial charge in [0.2, 0.25) is 5.89 Å². The van der Waals surface area contributed by atoms with Crippen LogP contribution in [-0.2, 0) is 4.79 Å². The molecule has 2 aromatic rings. The Morgan fingerprint density at radius 1 is 1.43 bits per heavy atom. The van der Waals surface area contributed by atoms with Crippen LogP contribution in [0.5, 0.6) is 5.75 Å². The fraction of sp³-hybridized carbons (Fsp3) is 0.400. The summed E-state index contributed by atoms with van der Waals surface area (Å²) in [4.78, 5) is 18.3. The number of amides is 1. The van der Waals surface area contributed by atoms with Crippen LogP contribution in [0.3, 0.4) is 0 Å². The molecule has 1 aliphatic heterocycles. The third-order valence-electron chi connectivity index (χ3n) is 3.51. The maximum absolute atomic E-state index is 12.3. The summed E-state index contributed by atoms with van der Waals surface area (Å²) in [5.74, 6) is 1.73. The highest BCUT2D eigenvalue weighted by atomic mass is 16.5. The van der Waals surface area contributed by atoms with Crippen LogP contribution in [-0.4, -0.2) is 34.1 Å². The van der Waals surface area contributed by atoms with Gasteiger partial charge in [0, 0.05) is 6.54 Å². The lowest BCUT2D eigenvalue weighted by atomic mass is 10.2. The van der Waals surface area contributed by atoms with Gasteiger partial charge in [-0.15, -0.1) is 0 Å². The minimum Gasteiger partial charge on any atom is -0.484 e. The van der Waals surface area contributed by atoms with Gasteiger partial charge < -0.3 is 14.2 Å². The molecule has 0 radical (unpaired) electrons. The van der Waals surface area contributed by atoms with Crippen molar-refractivity contribution in [2.75, 3.05) is 13.2 Å². The van der Waals surface area contributed by atoms with E-state index in [0.29, 0.717) is 24.0 Å². The molecule has 6 heteroatoms. The van der Waals surface area contributed by atoms with Crippen LogP contribution in [0.25, 0.3) is 0 Å². The second-order valence-corrected chi connectivity index (χ2v) is 5.03. The molecule has 1 saturated heterocycles. The third-order valence-corrected chi connectivity index (χ3v) is 3.51. The largest absolute Gasteiger partial charge is 0.484 e. The first-order chi connectivity index (χ1) is 10.2. The average molecular weight is 287 g/mol. The van der Waals surface area contributed by atoms with E-state index < -0.39 is 0 Å². The van der Waals surface area contributed by atoms with Crippen LogP contribution >= 0.6 is 0 Å². The summed E-state index contributed by atoms with van der Waals surface area (Å²) in [5, 5.41) is 3.79. The zero-order valence-corrected chi connectivity index (χ0v) is 11.9. The van der Waals surface area contributed by atoms with Crippen LogP contribution < -0.4 is 4.74 Å². The second kappa shape index (κ2) is 5.95. The van der Waals surface area contributed by atoms with Gasteiger partial charge in [0.05, 0.1) is 0 Å². The first-order valence-corrected chi connectivity index (χ1v) is 7.01. The van der Waals surface area contributed by atoms with Crippen LogP contribution in [0.2, 0.25) is 0 Å². The van der Waals surface area contributed by atoms with Gasteiger partial charge in [-0.3, -0.25) is 4.79 Å². The van der Waals surface area contributed by atoms with Crippen molar-refractivity contribution in [1.82, 2.24) is 15.0 Å². The van der Waals surface area contributed by atoms with E-state index in [9.17, 15) is 4.79 Å². The van der Waals surface area contributed by atoms with Gasteiger partial charge in [-0.1, -0.05) is 23.4 Å². The second-order valence-electron chi connectivity index (χ2n) is 5.03. The monoisotopic (exact) mass is 287 g/mol. The summed E-state index contributed by atoms with van der Waals surface area (Å²) < 4.78 is 10.7. The van der Waals surface area contributed by atoms with Crippen molar-refractivity contribution in [2.45, 2.75) is 25.8 Å². The van der Waals surface area contributed by atoms with E-state index in [-0.39, 0.29) is 18.6 Å². The summed E-state index contributed by atoms with van der Waals surface area (Å²) in [6.07, 6.45) is 1.78. The molecule has 1 unspecified atom stereocenters. The van der Waals surface area contributed by atoms with Crippen molar-refractivity contribution >= 4 is 5.91 Å². The number of benzene rings is 1. The number of ether oxygens (including phenoxy) is 1. The Morgan fingerprint density at radius 3 is 2.95 bits per heavy atom. The lowest BCUT2D eigenvalue weighted by molar-refractivity contribution is -0.134. The quantitative estimate of drug-likeness (QED) is 0.861. The lowest BCUT2D eigenvalue weighted by Crippen LogP contribution is -2.34. The number of rotatable bonds is 4. The topological polar surface area (TPSA) is 68.5 Å². The molecule has 3 rings (SSSR count). The standard InChI is InChI=1S/C15H17N3O3/c1-11-16-15(21-17-11)13-8-5-9-18(13)14(19)10-20-12-6-3-2-4-7-12/h2-4,6-7,13H,5,8-10H2,1H3. The molecule has 0 spiro atoms. The SMILES string of the molecule is Cc1noc(C2CCCN2C(=O)COc2ccccc2)n1. The number of hydrogen-bond acceptors (Lipinski definition) is 5. The molecule has 1 aromatic heterocycles. The van der Waals surface area contributed by atoms with E-state index in [1.54, 1.807) is 11.8 Å². The molecule has 0 N–H and O–H groups in total. The summed E-state index contributed by atoms with van der Waals surface area (Å²) in [7, 11) is 0. The first kappa shape index (κ1) is 13.6. The van der Waals surface area contributed by atoms with Gasteiger partial charge in [-0.2, -0.15) is 4.98 Å². The summed E-state index contributed by atoms with van der Waals surface area (Å²) in [6, 6.07) is 9.19. The molecule has 1 atom stereocenters. The van der Waals surface area contributed by atoms with E-state index in [1.807, 2.05) is 30.3 Å². The average Bonchev–Trinajstić information content (AvgIpc) is 3.14. The molecule has 1 aliphatic rings. The highest BCUT2D eigenvalue weighted by molar-refractivity contribution is 5.78. The van der Waals surface area contributed by atoms with Crippen LogP contribution in [0, 0.1) is 6.92 Å². The maximum atomic E-state index is 12.3. The molecule has 21 heavy (non-hydrogen) atoms. The van der Waals surface area contributed by atoms with Gasteiger partial charge in [-0.05, 0) is 31.9 Å². The van der Waals surface area contributed by atoms with Gasteiger partial charge in [0.15, 0.2) is 12.4 Å². The molecule has 1 aromatic carbocycles. The van der Waals surface area contributed by atoms with E-state index in [4.69, 9.17) is 9.26 Å². The Hall–Kier alpha value is -2.37. The Balaban J connectivity index is 1.63. The van der Waals surface area contributed by atoms with Crippen molar-refractivity contribution in [3.8, 4) is 5.75 Å². The van der Waals surface area contributed by atoms with Crippen molar-refractivity contribution in [2.24, 2.45) is 0 Å². The zero-order chi connectivity index (χ0) is 14.7. The number of likely N-dealkylation sites (tertiary alicyclic amines) is 1. The Morgan fingerprint density at radius 2 is 2.24 bits per heavy atom. The molecule has 110 valence electrons. The molecule has 0 aliphatic carbocycles. The van der Waals surface area contributed by atoms with E-state index in [0.717, 1.165) is 12.8 Å². The number of aryl methyl sites for hydroxylation is 1. The highest BCUT2D eigenvalue weighted by Gasteiger charge is 2.33. The fourth-order valence-electron chi connectivity index (χ4n) is 2.52. The molecule has 1 amide bonds. The molecular formula is C15H17N3O3. The normalized spacial score (nSPS) is 18.0. The maximum Gasteiger partial charge on any atom is 0.261 e. The van der Waals surface area contributed by atoms with Crippen molar-refractivity contribution in [3.63, 3.8) is 0 Å². The number of hydrogen-bond donors (Lipinski definition) is 0. The van der Waals surface area contributed by atoms with Gasteiger partial charge in [0.25, 0.3) is 5.91 Å². The fourth-order valence-corrected chi connectivity index (χ4v) is 2.52. The molecular weight excluding hydrogens is 270 g/mol. The molecule has 2 heterocycles. The van der Waals surface area contributed by atoms with Gasteiger partial charge in [-0.25, -0.2) is 0 Å². The van der Waals surface area contributed by atoms with E-state index in [1.165, 1.54) is 0 Å². The zero-order valence-electron chi connectivity index (χ0n) is 11.9. The molecule has 6 nitrogen and oxygen atoms in total. The Kier molecular flexibility index (Phi) is 3.85. The predicted molar refractivity (Wildman–Crippen MR) is 74.7 cm³/mol. The number of para-hydroxylation sites is 1. The highest BCUT2D eigenvalue weighted by Crippen LogP contribution is 2.30. The minimum atomic E-state index is -0.127. The summed E-state index contributed by atoms with van der Waals surface area (Å²) in [6.45, 7) is 2.49. The van der Waals surface area contributed by atoms with Crippen LogP contribution in [0.15, 0.2) is 34.9 Å². The van der Waals surface area contributed by atoms with E-state index in [2.05, 4.69) is 10.1 Å². The first-order valence-electron chi connectivity index (χ1n) is 7.01. The number of aromatic nitrogens is 2. The Labute approximate surface area is 122 Å². The number of carbonyl (C=O) groups is 1. The number of carbonyl (C=O) groups excluding carboxylic acids is 1.